The third-order valence-corrected chi connectivity index (χ3v) is 4.38. The van der Waals surface area contributed by atoms with Crippen LogP contribution in [-0.4, -0.2) is 50.5 Å². The van der Waals surface area contributed by atoms with Crippen molar-refractivity contribution in [2.45, 2.75) is 6.42 Å². The predicted octanol–water partition coefficient (Wildman–Crippen LogP) is 2.20. The van der Waals surface area contributed by atoms with Gasteiger partial charge in [-0.1, -0.05) is 24.3 Å². The predicted molar refractivity (Wildman–Crippen MR) is 95.1 cm³/mol. The molecule has 1 atom stereocenters. The number of carbonyl (C=O) groups excluding carboxylic acids is 1. The number of para-hydroxylation sites is 1. The fourth-order valence-electron chi connectivity index (χ4n) is 3.00. The van der Waals surface area contributed by atoms with Gasteiger partial charge in [-0.3, -0.25) is 4.79 Å². The summed E-state index contributed by atoms with van der Waals surface area (Å²) in [5.41, 5.74) is 1.19. The van der Waals surface area contributed by atoms with E-state index in [-0.39, 0.29) is 5.91 Å². The third kappa shape index (κ3) is 3.56. The molecule has 3 aromatic rings. The molecule has 1 aliphatic rings. The first-order chi connectivity index (χ1) is 12.8. The number of hydrogen-bond donors (Lipinski definition) is 0. The average molecular weight is 349 g/mol. The number of rotatable bonds is 5. The van der Waals surface area contributed by atoms with E-state index >= 15 is 0 Å². The van der Waals surface area contributed by atoms with Crippen LogP contribution in [0.5, 0.6) is 5.88 Å². The molecule has 0 spiro atoms. The van der Waals surface area contributed by atoms with Crippen molar-refractivity contribution in [1.82, 2.24) is 24.9 Å². The highest BCUT2D eigenvalue weighted by atomic mass is 16.5. The molecular weight excluding hydrogens is 330 g/mol. The van der Waals surface area contributed by atoms with E-state index in [9.17, 15) is 4.79 Å². The molecule has 1 amide bonds. The molecule has 1 unspecified atom stereocenters. The first-order valence-corrected chi connectivity index (χ1v) is 8.60. The summed E-state index contributed by atoms with van der Waals surface area (Å²) in [7, 11) is 0. The fourth-order valence-corrected chi connectivity index (χ4v) is 3.00. The van der Waals surface area contributed by atoms with Gasteiger partial charge in [0.15, 0.2) is 5.69 Å². The summed E-state index contributed by atoms with van der Waals surface area (Å²) in [4.78, 5) is 20.1. The van der Waals surface area contributed by atoms with Crippen LogP contribution in [0.2, 0.25) is 0 Å². The lowest BCUT2D eigenvalue weighted by molar-refractivity contribution is 0.0776. The molecule has 7 heteroatoms. The van der Waals surface area contributed by atoms with E-state index in [1.165, 1.54) is 11.0 Å². The Bertz CT molecular complexity index is 866. The zero-order chi connectivity index (χ0) is 17.8. The zero-order valence-electron chi connectivity index (χ0n) is 14.2. The van der Waals surface area contributed by atoms with Crippen molar-refractivity contribution in [3.63, 3.8) is 0 Å². The molecule has 3 heterocycles. The number of aromatic nitrogens is 4. The standard InChI is InChI=1S/C19H19N5O2/c25-19(17-12-21-24(22-17)16-6-2-1-3-7-16)23-11-9-15(13-23)14-26-18-8-4-5-10-20-18/h1-8,10,12,15H,9,11,13-14H2. The molecule has 1 aliphatic heterocycles. The number of hydrogen-bond acceptors (Lipinski definition) is 5. The van der Waals surface area contributed by atoms with Crippen molar-refractivity contribution < 1.29 is 9.53 Å². The number of amides is 1. The second kappa shape index (κ2) is 7.35. The Morgan fingerprint density at radius 3 is 2.81 bits per heavy atom. The van der Waals surface area contributed by atoms with Crippen LogP contribution >= 0.6 is 0 Å². The lowest BCUT2D eigenvalue weighted by atomic mass is 10.1. The molecule has 4 rings (SSSR count). The molecule has 0 bridgehead atoms. The molecule has 0 radical (unpaired) electrons. The molecule has 0 aliphatic carbocycles. The van der Waals surface area contributed by atoms with E-state index in [1.54, 1.807) is 6.20 Å². The lowest BCUT2D eigenvalue weighted by Crippen LogP contribution is -2.30. The van der Waals surface area contributed by atoms with Gasteiger partial charge in [-0.15, -0.1) is 5.10 Å². The van der Waals surface area contributed by atoms with E-state index < -0.39 is 0 Å². The van der Waals surface area contributed by atoms with E-state index in [2.05, 4.69) is 15.2 Å². The van der Waals surface area contributed by atoms with Gasteiger partial charge < -0.3 is 9.64 Å². The number of likely N-dealkylation sites (tertiary alicyclic amines) is 1. The summed E-state index contributed by atoms with van der Waals surface area (Å²) < 4.78 is 5.70. The minimum absolute atomic E-state index is 0.0903. The highest BCUT2D eigenvalue weighted by Crippen LogP contribution is 2.19. The zero-order valence-corrected chi connectivity index (χ0v) is 14.2. The fraction of sp³-hybridized carbons (Fsp3) is 0.263. The molecule has 1 saturated heterocycles. The summed E-state index contributed by atoms with van der Waals surface area (Å²) in [6, 6.07) is 15.1. The van der Waals surface area contributed by atoms with Gasteiger partial charge in [-0.25, -0.2) is 4.98 Å². The Kier molecular flexibility index (Phi) is 4.59. The quantitative estimate of drug-likeness (QED) is 0.706. The van der Waals surface area contributed by atoms with Gasteiger partial charge in [0.2, 0.25) is 5.88 Å². The van der Waals surface area contributed by atoms with E-state index in [0.29, 0.717) is 37.2 Å². The van der Waals surface area contributed by atoms with Crippen molar-refractivity contribution >= 4 is 5.91 Å². The first-order valence-electron chi connectivity index (χ1n) is 8.60. The number of nitrogens with zero attached hydrogens (tertiary/aromatic N) is 5. The molecule has 7 nitrogen and oxygen atoms in total. The minimum Gasteiger partial charge on any atom is -0.477 e. The summed E-state index contributed by atoms with van der Waals surface area (Å²) >= 11 is 0. The van der Waals surface area contributed by atoms with Crippen LogP contribution in [0.4, 0.5) is 0 Å². The second-order valence-corrected chi connectivity index (χ2v) is 6.24. The third-order valence-electron chi connectivity index (χ3n) is 4.38. The largest absolute Gasteiger partial charge is 0.477 e. The van der Waals surface area contributed by atoms with Gasteiger partial charge in [0.25, 0.3) is 5.91 Å². The Labute approximate surface area is 151 Å². The van der Waals surface area contributed by atoms with E-state index in [4.69, 9.17) is 4.74 Å². The number of carbonyl (C=O) groups is 1. The maximum Gasteiger partial charge on any atom is 0.276 e. The summed E-state index contributed by atoms with van der Waals surface area (Å²) in [6.07, 6.45) is 4.13. The number of pyridine rings is 1. The maximum absolute atomic E-state index is 12.7. The topological polar surface area (TPSA) is 73.1 Å². The van der Waals surface area contributed by atoms with Gasteiger partial charge in [0, 0.05) is 31.3 Å². The SMILES string of the molecule is O=C(c1cnn(-c2ccccc2)n1)N1CCC(COc2ccccn2)C1. The van der Waals surface area contributed by atoms with Crippen molar-refractivity contribution in [2.75, 3.05) is 19.7 Å². The smallest absolute Gasteiger partial charge is 0.276 e. The molecular formula is C19H19N5O2. The van der Waals surface area contributed by atoms with Crippen LogP contribution < -0.4 is 4.74 Å². The molecule has 1 fully saturated rings. The highest BCUT2D eigenvalue weighted by molar-refractivity contribution is 5.92. The molecule has 0 saturated carbocycles. The summed E-state index contributed by atoms with van der Waals surface area (Å²) in [5.74, 6) is 0.820. The molecule has 132 valence electrons. The second-order valence-electron chi connectivity index (χ2n) is 6.24. The van der Waals surface area contributed by atoms with Gasteiger partial charge >= 0.3 is 0 Å². The lowest BCUT2D eigenvalue weighted by Gasteiger charge is -2.15. The van der Waals surface area contributed by atoms with Gasteiger partial charge in [0.05, 0.1) is 18.5 Å². The number of benzene rings is 1. The summed E-state index contributed by atoms with van der Waals surface area (Å²) in [6.45, 7) is 1.91. The first kappa shape index (κ1) is 16.3. The van der Waals surface area contributed by atoms with Crippen LogP contribution in [0, 0.1) is 5.92 Å². The van der Waals surface area contributed by atoms with Gasteiger partial charge in [-0.2, -0.15) is 9.90 Å². The van der Waals surface area contributed by atoms with E-state index in [0.717, 1.165) is 12.1 Å². The molecule has 26 heavy (non-hydrogen) atoms. The minimum atomic E-state index is -0.0903. The molecule has 2 aromatic heterocycles. The van der Waals surface area contributed by atoms with E-state index in [1.807, 2.05) is 53.4 Å². The Balaban J connectivity index is 1.35. The molecule has 1 aromatic carbocycles. The van der Waals surface area contributed by atoms with Crippen molar-refractivity contribution in [3.05, 3.63) is 66.6 Å². The maximum atomic E-state index is 12.7. The van der Waals surface area contributed by atoms with Crippen LogP contribution in [0.15, 0.2) is 60.9 Å². The Hall–Kier alpha value is -3.22. The van der Waals surface area contributed by atoms with Crippen LogP contribution in [0.25, 0.3) is 5.69 Å². The number of ether oxygens (including phenoxy) is 1. The van der Waals surface area contributed by atoms with Crippen LogP contribution in [0.3, 0.4) is 0 Å². The van der Waals surface area contributed by atoms with Gasteiger partial charge in [0.1, 0.15) is 0 Å². The van der Waals surface area contributed by atoms with Crippen molar-refractivity contribution in [3.8, 4) is 11.6 Å². The van der Waals surface area contributed by atoms with Crippen molar-refractivity contribution in [2.24, 2.45) is 5.92 Å². The Morgan fingerprint density at radius 1 is 1.15 bits per heavy atom. The molecule has 0 N–H and O–H groups in total. The Morgan fingerprint density at radius 2 is 2.00 bits per heavy atom. The normalized spacial score (nSPS) is 16.6. The summed E-state index contributed by atoms with van der Waals surface area (Å²) in [5, 5.41) is 8.52. The van der Waals surface area contributed by atoms with Crippen molar-refractivity contribution in [1.29, 1.82) is 0 Å². The van der Waals surface area contributed by atoms with Gasteiger partial charge in [-0.05, 0) is 24.6 Å². The van der Waals surface area contributed by atoms with Crippen LogP contribution in [-0.2, 0) is 0 Å². The highest BCUT2D eigenvalue weighted by Gasteiger charge is 2.29. The monoisotopic (exact) mass is 349 g/mol. The average Bonchev–Trinajstić information content (AvgIpc) is 3.37. The van der Waals surface area contributed by atoms with Crippen LogP contribution in [0.1, 0.15) is 16.9 Å².